The first-order valence-electron chi connectivity index (χ1n) is 8.99. The SMILES string of the molecule is O=C(COc1cccc2ccccc12)NNC(=S)NC(=O)COc1ccc(Br)cc1Cl. The van der Waals surface area contributed by atoms with E-state index in [2.05, 4.69) is 32.1 Å². The summed E-state index contributed by atoms with van der Waals surface area (Å²) in [4.78, 5) is 23.9. The third kappa shape index (κ3) is 6.81. The van der Waals surface area contributed by atoms with Crippen molar-refractivity contribution in [2.45, 2.75) is 0 Å². The summed E-state index contributed by atoms with van der Waals surface area (Å²) in [5.41, 5.74) is 4.79. The fourth-order valence-corrected chi connectivity index (χ4v) is 3.45. The molecule has 0 heterocycles. The molecule has 3 aromatic rings. The van der Waals surface area contributed by atoms with E-state index < -0.39 is 11.8 Å². The molecule has 0 unspecified atom stereocenters. The van der Waals surface area contributed by atoms with E-state index in [0.717, 1.165) is 15.2 Å². The van der Waals surface area contributed by atoms with Gasteiger partial charge in [0.15, 0.2) is 18.3 Å². The van der Waals surface area contributed by atoms with Gasteiger partial charge in [0.25, 0.3) is 11.8 Å². The molecule has 0 spiro atoms. The average molecular weight is 523 g/mol. The predicted octanol–water partition coefficient (Wildman–Crippen LogP) is 3.74. The number of thiocarbonyl (C=S) groups is 1. The molecule has 0 saturated carbocycles. The highest BCUT2D eigenvalue weighted by atomic mass is 79.9. The van der Waals surface area contributed by atoms with Crippen LogP contribution in [0, 0.1) is 0 Å². The topological polar surface area (TPSA) is 88.7 Å². The van der Waals surface area contributed by atoms with Crippen LogP contribution in [0.5, 0.6) is 11.5 Å². The third-order valence-corrected chi connectivity index (χ3v) is 4.92. The van der Waals surface area contributed by atoms with Crippen molar-refractivity contribution in [3.63, 3.8) is 0 Å². The van der Waals surface area contributed by atoms with Gasteiger partial charge in [0.1, 0.15) is 11.5 Å². The Hall–Kier alpha value is -2.88. The number of nitrogens with one attached hydrogen (secondary N) is 3. The van der Waals surface area contributed by atoms with Crippen molar-refractivity contribution in [3.05, 3.63) is 70.2 Å². The van der Waals surface area contributed by atoms with Crippen LogP contribution in [-0.4, -0.2) is 30.1 Å². The molecule has 3 rings (SSSR count). The number of carbonyl (C=O) groups is 2. The highest BCUT2D eigenvalue weighted by Gasteiger charge is 2.10. The molecule has 0 radical (unpaired) electrons. The zero-order valence-electron chi connectivity index (χ0n) is 16.0. The van der Waals surface area contributed by atoms with Gasteiger partial charge < -0.3 is 9.47 Å². The van der Waals surface area contributed by atoms with Gasteiger partial charge in [-0.1, -0.05) is 63.9 Å². The summed E-state index contributed by atoms with van der Waals surface area (Å²) in [6.45, 7) is -0.538. The van der Waals surface area contributed by atoms with E-state index in [4.69, 9.17) is 33.3 Å². The number of hydrazine groups is 1. The summed E-state index contributed by atoms with van der Waals surface area (Å²) in [6, 6.07) is 18.3. The number of rotatable bonds is 6. The molecule has 0 aliphatic rings. The summed E-state index contributed by atoms with van der Waals surface area (Å²) in [6.07, 6.45) is 0. The van der Waals surface area contributed by atoms with Crippen molar-refractivity contribution in [1.29, 1.82) is 0 Å². The first kappa shape index (κ1) is 22.8. The number of carbonyl (C=O) groups excluding carboxylic acids is 2. The Morgan fingerprint density at radius 1 is 0.903 bits per heavy atom. The highest BCUT2D eigenvalue weighted by Crippen LogP contribution is 2.27. The first-order valence-corrected chi connectivity index (χ1v) is 10.6. The van der Waals surface area contributed by atoms with Crippen LogP contribution in [0.1, 0.15) is 0 Å². The second-order valence-corrected chi connectivity index (χ2v) is 7.91. The molecule has 0 bridgehead atoms. The Bertz CT molecular complexity index is 1120. The summed E-state index contributed by atoms with van der Waals surface area (Å²) in [5, 5.41) is 4.57. The van der Waals surface area contributed by atoms with Crippen LogP contribution >= 0.6 is 39.7 Å². The molecule has 10 heteroatoms. The van der Waals surface area contributed by atoms with Crippen LogP contribution in [0.25, 0.3) is 10.8 Å². The van der Waals surface area contributed by atoms with Crippen LogP contribution in [0.2, 0.25) is 5.02 Å². The zero-order chi connectivity index (χ0) is 22.2. The number of amides is 2. The number of hydrogen-bond acceptors (Lipinski definition) is 5. The van der Waals surface area contributed by atoms with Gasteiger partial charge in [0, 0.05) is 9.86 Å². The van der Waals surface area contributed by atoms with Gasteiger partial charge in [0.2, 0.25) is 0 Å². The van der Waals surface area contributed by atoms with E-state index in [1.165, 1.54) is 0 Å². The third-order valence-electron chi connectivity index (χ3n) is 3.93. The van der Waals surface area contributed by atoms with Crippen LogP contribution in [0.15, 0.2) is 65.1 Å². The maximum atomic E-state index is 12.0. The number of benzene rings is 3. The molecular formula is C21H17BrClN3O4S. The monoisotopic (exact) mass is 521 g/mol. The second-order valence-electron chi connectivity index (χ2n) is 6.18. The number of hydrogen-bond donors (Lipinski definition) is 3. The minimum atomic E-state index is -0.516. The fraction of sp³-hybridized carbons (Fsp3) is 0.0952. The normalized spacial score (nSPS) is 10.3. The van der Waals surface area contributed by atoms with Gasteiger partial charge in [-0.15, -0.1) is 0 Å². The molecule has 0 aromatic heterocycles. The molecule has 7 nitrogen and oxygen atoms in total. The lowest BCUT2D eigenvalue weighted by Gasteiger charge is -2.13. The van der Waals surface area contributed by atoms with Gasteiger partial charge >= 0.3 is 0 Å². The van der Waals surface area contributed by atoms with E-state index >= 15 is 0 Å². The van der Waals surface area contributed by atoms with Crippen molar-refractivity contribution in [2.24, 2.45) is 0 Å². The molecule has 2 amide bonds. The lowest BCUT2D eigenvalue weighted by atomic mass is 10.1. The van der Waals surface area contributed by atoms with E-state index in [-0.39, 0.29) is 18.3 Å². The highest BCUT2D eigenvalue weighted by molar-refractivity contribution is 9.10. The molecule has 0 saturated heterocycles. The molecule has 3 aromatic carbocycles. The maximum absolute atomic E-state index is 12.0. The molecule has 0 atom stereocenters. The van der Waals surface area contributed by atoms with Crippen LogP contribution in [0.3, 0.4) is 0 Å². The standard InChI is InChI=1S/C21H17BrClN3O4S/c22-14-8-9-18(16(23)10-14)30-11-19(27)24-21(31)26-25-20(28)12-29-17-7-3-5-13-4-1-2-6-15(13)17/h1-10H,11-12H2,(H,25,28)(H2,24,26,27,31). The number of halogens is 2. The van der Waals surface area contributed by atoms with E-state index in [0.29, 0.717) is 16.5 Å². The molecular weight excluding hydrogens is 506 g/mol. The van der Waals surface area contributed by atoms with E-state index in [9.17, 15) is 9.59 Å². The average Bonchev–Trinajstić information content (AvgIpc) is 2.75. The summed E-state index contributed by atoms with van der Waals surface area (Å²) < 4.78 is 11.7. The molecule has 3 N–H and O–H groups in total. The molecule has 31 heavy (non-hydrogen) atoms. The van der Waals surface area contributed by atoms with Gasteiger partial charge in [-0.05, 0) is 41.9 Å². The molecule has 160 valence electrons. The number of ether oxygens (including phenoxy) is 2. The molecule has 0 aliphatic heterocycles. The van der Waals surface area contributed by atoms with Crippen LogP contribution in [-0.2, 0) is 9.59 Å². The minimum Gasteiger partial charge on any atom is -0.483 e. The lowest BCUT2D eigenvalue weighted by Crippen LogP contribution is -2.50. The van der Waals surface area contributed by atoms with Crippen LogP contribution < -0.4 is 25.6 Å². The number of fused-ring (bicyclic) bond motifs is 1. The van der Waals surface area contributed by atoms with Crippen molar-refractivity contribution < 1.29 is 19.1 Å². The van der Waals surface area contributed by atoms with Gasteiger partial charge in [0.05, 0.1) is 5.02 Å². The Kier molecular flexibility index (Phi) is 8.05. The van der Waals surface area contributed by atoms with E-state index in [1.807, 2.05) is 36.4 Å². The Balaban J connectivity index is 1.39. The second kappa shape index (κ2) is 10.9. The van der Waals surface area contributed by atoms with Crippen molar-refractivity contribution in [3.8, 4) is 11.5 Å². The maximum Gasteiger partial charge on any atom is 0.276 e. The van der Waals surface area contributed by atoms with Crippen molar-refractivity contribution >= 4 is 67.4 Å². The Morgan fingerprint density at radius 2 is 1.61 bits per heavy atom. The minimum absolute atomic E-state index is 0.0889. The Morgan fingerprint density at radius 3 is 2.42 bits per heavy atom. The van der Waals surface area contributed by atoms with Crippen molar-refractivity contribution in [1.82, 2.24) is 16.2 Å². The van der Waals surface area contributed by atoms with Gasteiger partial charge in [-0.25, -0.2) is 0 Å². The quantitative estimate of drug-likeness (QED) is 0.338. The first-order chi connectivity index (χ1) is 14.9. The largest absolute Gasteiger partial charge is 0.483 e. The van der Waals surface area contributed by atoms with Crippen molar-refractivity contribution in [2.75, 3.05) is 13.2 Å². The van der Waals surface area contributed by atoms with Gasteiger partial charge in [-0.3, -0.25) is 25.8 Å². The zero-order valence-corrected chi connectivity index (χ0v) is 19.1. The van der Waals surface area contributed by atoms with E-state index in [1.54, 1.807) is 24.3 Å². The van der Waals surface area contributed by atoms with Gasteiger partial charge in [-0.2, -0.15) is 0 Å². The summed E-state index contributed by atoms with van der Waals surface area (Å²) >= 11 is 14.3. The molecule has 0 fully saturated rings. The van der Waals surface area contributed by atoms with Crippen LogP contribution in [0.4, 0.5) is 0 Å². The smallest absolute Gasteiger partial charge is 0.276 e. The predicted molar refractivity (Wildman–Crippen MR) is 126 cm³/mol. The lowest BCUT2D eigenvalue weighted by molar-refractivity contribution is -0.124. The summed E-state index contributed by atoms with van der Waals surface area (Å²) in [7, 11) is 0. The molecule has 0 aliphatic carbocycles. The summed E-state index contributed by atoms with van der Waals surface area (Å²) in [5.74, 6) is -0.0363. The fourth-order valence-electron chi connectivity index (χ4n) is 2.56. The Labute approximate surface area is 197 Å².